The Labute approximate surface area is 45.2 Å². The second-order valence-electron chi connectivity index (χ2n) is 1.23. The first-order valence-corrected chi connectivity index (χ1v) is 3.65. The highest BCUT2D eigenvalue weighted by Gasteiger charge is 1.86. The largest absolute Gasteiger partial charge is 0.475 e. The predicted molar refractivity (Wildman–Crippen MR) is 30.0 cm³/mol. The Morgan fingerprint density at radius 2 is 2.57 bits per heavy atom. The maximum absolute atomic E-state index is 4.99. The third kappa shape index (κ3) is 0.931. The topological polar surface area (TPSA) is 13.1 Å². The van der Waals surface area contributed by atoms with Crippen molar-refractivity contribution >= 4 is 14.9 Å². The highest BCUT2D eigenvalue weighted by Crippen LogP contribution is 1.78. The molecular formula is C5H6OSi. The zero-order valence-corrected chi connectivity index (χ0v) is 5.14. The molecule has 0 saturated heterocycles. The minimum atomic E-state index is 0.788. The van der Waals surface area contributed by atoms with Gasteiger partial charge >= 0.3 is 0 Å². The summed E-state index contributed by atoms with van der Waals surface area (Å²) in [7, 11) is 0.788. The molecule has 0 aliphatic rings. The molecule has 1 aromatic rings. The van der Waals surface area contributed by atoms with Crippen molar-refractivity contribution in [2.24, 2.45) is 0 Å². The van der Waals surface area contributed by atoms with Crippen molar-refractivity contribution in [2.45, 2.75) is 6.55 Å². The van der Waals surface area contributed by atoms with E-state index in [1.165, 1.54) is 0 Å². The summed E-state index contributed by atoms with van der Waals surface area (Å²) < 4.78 is 4.99. The lowest BCUT2D eigenvalue weighted by Crippen LogP contribution is -2.04. The lowest BCUT2D eigenvalue weighted by Gasteiger charge is -1.77. The fourth-order valence-corrected chi connectivity index (χ4v) is 0.870. The third-order valence-electron chi connectivity index (χ3n) is 0.768. The maximum atomic E-state index is 4.99. The number of hydrogen-bond acceptors (Lipinski definition) is 1. The fourth-order valence-electron chi connectivity index (χ4n) is 0.421. The Bertz CT molecular complexity index is 123. The van der Waals surface area contributed by atoms with Crippen LogP contribution in [0.15, 0.2) is 22.8 Å². The smallest absolute Gasteiger partial charge is 0.129 e. The second-order valence-corrected chi connectivity index (χ2v) is 2.22. The van der Waals surface area contributed by atoms with Crippen molar-refractivity contribution in [1.82, 2.24) is 0 Å². The van der Waals surface area contributed by atoms with Gasteiger partial charge in [0.15, 0.2) is 0 Å². The van der Waals surface area contributed by atoms with Crippen LogP contribution in [0.4, 0.5) is 0 Å². The van der Waals surface area contributed by atoms with E-state index in [-0.39, 0.29) is 0 Å². The molecule has 0 N–H and O–H groups in total. The molecular weight excluding hydrogens is 104 g/mol. The average molecular weight is 110 g/mol. The van der Waals surface area contributed by atoms with Crippen LogP contribution in [0.1, 0.15) is 0 Å². The van der Waals surface area contributed by atoms with Crippen molar-refractivity contribution in [2.75, 3.05) is 0 Å². The van der Waals surface area contributed by atoms with Gasteiger partial charge < -0.3 is 4.42 Å². The number of hydrogen-bond donors (Lipinski definition) is 0. The first-order valence-electron chi connectivity index (χ1n) is 2.15. The Kier molecular flexibility index (Phi) is 1.31. The summed E-state index contributed by atoms with van der Waals surface area (Å²) in [6.45, 7) is 2.10. The van der Waals surface area contributed by atoms with Gasteiger partial charge in [-0.2, -0.15) is 0 Å². The highest BCUT2D eigenvalue weighted by atomic mass is 28.2. The number of furan rings is 1. The molecule has 36 valence electrons. The Balaban J connectivity index is 2.76. The van der Waals surface area contributed by atoms with Crippen LogP contribution in [0.25, 0.3) is 0 Å². The minimum Gasteiger partial charge on any atom is -0.475 e. The molecule has 0 fully saturated rings. The van der Waals surface area contributed by atoms with E-state index in [1.54, 1.807) is 6.26 Å². The van der Waals surface area contributed by atoms with Crippen LogP contribution in [0.3, 0.4) is 0 Å². The molecule has 0 amide bonds. The van der Waals surface area contributed by atoms with Crippen LogP contribution in [-0.4, -0.2) is 9.52 Å². The van der Waals surface area contributed by atoms with Gasteiger partial charge in [0.05, 0.1) is 11.6 Å². The zero-order chi connectivity index (χ0) is 5.11. The Morgan fingerprint density at radius 1 is 1.71 bits per heavy atom. The Morgan fingerprint density at radius 3 is 2.86 bits per heavy atom. The first-order chi connectivity index (χ1) is 3.43. The summed E-state index contributed by atoms with van der Waals surface area (Å²) in [6, 6.07) is 3.89. The van der Waals surface area contributed by atoms with Crippen molar-refractivity contribution in [3.8, 4) is 0 Å². The molecule has 2 radical (unpaired) electrons. The molecule has 1 nitrogen and oxygen atoms in total. The van der Waals surface area contributed by atoms with Gasteiger partial charge in [-0.25, -0.2) is 0 Å². The molecule has 0 spiro atoms. The monoisotopic (exact) mass is 110 g/mol. The van der Waals surface area contributed by atoms with Crippen LogP contribution in [-0.2, 0) is 0 Å². The van der Waals surface area contributed by atoms with Crippen molar-refractivity contribution < 1.29 is 4.42 Å². The summed E-state index contributed by atoms with van der Waals surface area (Å²) in [5, 5.41) is 1.08. The van der Waals surface area contributed by atoms with Crippen molar-refractivity contribution in [1.29, 1.82) is 0 Å². The van der Waals surface area contributed by atoms with E-state index in [9.17, 15) is 0 Å². The van der Waals surface area contributed by atoms with E-state index in [1.807, 2.05) is 12.1 Å². The molecule has 0 aliphatic carbocycles. The van der Waals surface area contributed by atoms with Gasteiger partial charge in [-0.05, 0) is 12.1 Å². The van der Waals surface area contributed by atoms with Crippen LogP contribution in [0, 0.1) is 0 Å². The van der Waals surface area contributed by atoms with E-state index in [4.69, 9.17) is 4.42 Å². The molecule has 0 aliphatic heterocycles. The maximum Gasteiger partial charge on any atom is 0.129 e. The van der Waals surface area contributed by atoms with Crippen molar-refractivity contribution in [3.63, 3.8) is 0 Å². The van der Waals surface area contributed by atoms with Crippen LogP contribution in [0.2, 0.25) is 6.55 Å². The summed E-state index contributed by atoms with van der Waals surface area (Å²) in [5.41, 5.74) is 0. The summed E-state index contributed by atoms with van der Waals surface area (Å²) in [5.74, 6) is 0. The molecule has 1 heterocycles. The van der Waals surface area contributed by atoms with E-state index in [0.29, 0.717) is 0 Å². The highest BCUT2D eigenvalue weighted by molar-refractivity contribution is 6.50. The van der Waals surface area contributed by atoms with Crippen LogP contribution < -0.4 is 5.38 Å². The summed E-state index contributed by atoms with van der Waals surface area (Å²) >= 11 is 0. The van der Waals surface area contributed by atoms with Gasteiger partial charge in [0.1, 0.15) is 9.52 Å². The van der Waals surface area contributed by atoms with E-state index < -0.39 is 0 Å². The summed E-state index contributed by atoms with van der Waals surface area (Å²) in [4.78, 5) is 0. The third-order valence-corrected chi connectivity index (χ3v) is 1.54. The minimum absolute atomic E-state index is 0.788. The zero-order valence-electron chi connectivity index (χ0n) is 4.14. The second kappa shape index (κ2) is 1.98. The molecule has 1 aromatic heterocycles. The Hall–Kier alpha value is -0.503. The normalized spacial score (nSPS) is 9.29. The molecule has 0 atom stereocenters. The molecule has 2 heteroatoms. The molecule has 0 bridgehead atoms. The van der Waals surface area contributed by atoms with E-state index in [0.717, 1.165) is 14.9 Å². The number of rotatable bonds is 1. The van der Waals surface area contributed by atoms with Crippen LogP contribution in [0.5, 0.6) is 0 Å². The lowest BCUT2D eigenvalue weighted by atomic mass is 10.7. The van der Waals surface area contributed by atoms with E-state index in [2.05, 4.69) is 6.55 Å². The summed E-state index contributed by atoms with van der Waals surface area (Å²) in [6.07, 6.45) is 1.70. The quantitative estimate of drug-likeness (QED) is 0.484. The lowest BCUT2D eigenvalue weighted by molar-refractivity contribution is 0.601. The van der Waals surface area contributed by atoms with Crippen LogP contribution >= 0.6 is 0 Å². The van der Waals surface area contributed by atoms with Gasteiger partial charge in [0, 0.05) is 0 Å². The molecule has 7 heavy (non-hydrogen) atoms. The predicted octanol–water partition coefficient (Wildman–Crippen LogP) is 0.657. The fraction of sp³-hybridized carbons (Fsp3) is 0.200. The van der Waals surface area contributed by atoms with E-state index >= 15 is 0 Å². The van der Waals surface area contributed by atoms with Gasteiger partial charge in [-0.15, -0.1) is 0 Å². The molecule has 1 rings (SSSR count). The van der Waals surface area contributed by atoms with Gasteiger partial charge in [0.2, 0.25) is 0 Å². The SMILES string of the molecule is C[Si]c1ccco1. The van der Waals surface area contributed by atoms with Gasteiger partial charge in [-0.3, -0.25) is 0 Å². The standard InChI is InChI=1S/C5H6OSi/c1-7-5-3-2-4-6-5/h2-4H,1H3. The van der Waals surface area contributed by atoms with Gasteiger partial charge in [0.25, 0.3) is 0 Å². The van der Waals surface area contributed by atoms with Gasteiger partial charge in [-0.1, -0.05) is 6.55 Å². The molecule has 0 unspecified atom stereocenters. The molecule has 0 saturated carbocycles. The average Bonchev–Trinajstić information content (AvgIpc) is 2.14. The molecule has 0 aromatic carbocycles. The first kappa shape index (κ1) is 4.65. The van der Waals surface area contributed by atoms with Crippen molar-refractivity contribution in [3.05, 3.63) is 18.4 Å².